The minimum Gasteiger partial charge on any atom is -0.407 e. The van der Waals surface area contributed by atoms with E-state index in [1.54, 1.807) is 0 Å². The van der Waals surface area contributed by atoms with Crippen LogP contribution < -0.4 is 21.0 Å². The summed E-state index contributed by atoms with van der Waals surface area (Å²) in [4.78, 5) is 0. The summed E-state index contributed by atoms with van der Waals surface area (Å²) < 4.78 is 6.94. The predicted octanol–water partition coefficient (Wildman–Crippen LogP) is 2.51. The van der Waals surface area contributed by atoms with E-state index in [2.05, 4.69) is 92.1 Å². The fraction of sp³-hybridized carbons (Fsp3) is 0.455. The molecule has 1 aliphatic rings. The second kappa shape index (κ2) is 8.48. The number of benzene rings is 2. The van der Waals surface area contributed by atoms with Crippen LogP contribution in [0.3, 0.4) is 0 Å². The Morgan fingerprint density at radius 3 is 1.96 bits per heavy atom. The fourth-order valence-corrected chi connectivity index (χ4v) is 8.61. The van der Waals surface area contributed by atoms with Crippen LogP contribution in [-0.4, -0.2) is 40.6 Å². The lowest BCUT2D eigenvalue weighted by Gasteiger charge is -2.43. The molecular weight excluding hydrogens is 336 g/mol. The van der Waals surface area contributed by atoms with Gasteiger partial charge in [-0.2, -0.15) is 0 Å². The first-order chi connectivity index (χ1) is 12.5. The van der Waals surface area contributed by atoms with Crippen molar-refractivity contribution in [1.82, 2.24) is 10.6 Å². The normalized spacial score (nSPS) is 18.7. The number of hydrogen-bond acceptors (Lipinski definition) is 3. The van der Waals surface area contributed by atoms with Crippen LogP contribution in [0.5, 0.6) is 0 Å². The van der Waals surface area contributed by atoms with Gasteiger partial charge in [0.15, 0.2) is 0 Å². The lowest BCUT2D eigenvalue weighted by atomic mass is 10.2. The van der Waals surface area contributed by atoms with Crippen molar-refractivity contribution >= 4 is 18.7 Å². The fourth-order valence-electron chi connectivity index (χ4n) is 4.03. The van der Waals surface area contributed by atoms with E-state index in [9.17, 15) is 0 Å². The van der Waals surface area contributed by atoms with Gasteiger partial charge in [-0.25, -0.2) is 0 Å². The van der Waals surface area contributed by atoms with Crippen LogP contribution in [0.25, 0.3) is 0 Å². The van der Waals surface area contributed by atoms with Crippen molar-refractivity contribution < 1.29 is 4.43 Å². The number of piperazine rings is 1. The molecule has 1 unspecified atom stereocenters. The summed E-state index contributed by atoms with van der Waals surface area (Å²) in [6.45, 7) is 10.9. The maximum absolute atomic E-state index is 6.94. The molecule has 2 aromatic rings. The Labute approximate surface area is 159 Å². The summed E-state index contributed by atoms with van der Waals surface area (Å²) in [5.74, 6) is 0. The molecular formula is C22H32N2OSi. The van der Waals surface area contributed by atoms with Crippen LogP contribution in [0.4, 0.5) is 0 Å². The Balaban J connectivity index is 1.92. The summed E-state index contributed by atoms with van der Waals surface area (Å²) in [6.07, 6.45) is 1.04. The summed E-state index contributed by atoms with van der Waals surface area (Å²) in [5.41, 5.74) is 0. The van der Waals surface area contributed by atoms with Crippen molar-refractivity contribution in [2.45, 2.75) is 38.3 Å². The Morgan fingerprint density at radius 1 is 0.923 bits per heavy atom. The van der Waals surface area contributed by atoms with Crippen molar-refractivity contribution in [3.8, 4) is 0 Å². The molecule has 1 atom stereocenters. The smallest absolute Gasteiger partial charge is 0.261 e. The molecule has 4 heteroatoms. The molecule has 1 fully saturated rings. The highest BCUT2D eigenvalue weighted by molar-refractivity contribution is 6.99. The zero-order chi connectivity index (χ0) is 18.5. The quantitative estimate of drug-likeness (QED) is 0.769. The second-order valence-electron chi connectivity index (χ2n) is 8.16. The topological polar surface area (TPSA) is 33.3 Å². The first-order valence-electron chi connectivity index (χ1n) is 9.73. The van der Waals surface area contributed by atoms with E-state index >= 15 is 0 Å². The molecule has 0 spiro atoms. The van der Waals surface area contributed by atoms with E-state index < -0.39 is 8.32 Å². The number of nitrogens with one attached hydrogen (secondary N) is 2. The van der Waals surface area contributed by atoms with Crippen molar-refractivity contribution in [2.24, 2.45) is 0 Å². The molecule has 1 aliphatic heterocycles. The van der Waals surface area contributed by atoms with Gasteiger partial charge in [-0.05, 0) is 21.8 Å². The molecule has 0 aliphatic carbocycles. The average Bonchev–Trinajstić information content (AvgIpc) is 2.66. The standard InChI is InChI=1S/C22H32N2OSi/c1-22(2,3)26(20-10-6-4-7-11-20,21-12-8-5-9-13-21)25-17-14-19-18-23-15-16-24-19/h4-13,19,23-24H,14-18H2,1-3H3. The first kappa shape index (κ1) is 19.3. The van der Waals surface area contributed by atoms with Crippen LogP contribution in [0.2, 0.25) is 5.04 Å². The molecule has 3 rings (SSSR count). The van der Waals surface area contributed by atoms with Gasteiger partial charge in [-0.1, -0.05) is 81.4 Å². The van der Waals surface area contributed by atoms with E-state index in [1.165, 1.54) is 10.4 Å². The second-order valence-corrected chi connectivity index (χ2v) is 12.5. The van der Waals surface area contributed by atoms with E-state index in [4.69, 9.17) is 4.43 Å². The van der Waals surface area contributed by atoms with Gasteiger partial charge < -0.3 is 15.1 Å². The van der Waals surface area contributed by atoms with Gasteiger partial charge in [0.1, 0.15) is 0 Å². The highest BCUT2D eigenvalue weighted by atomic mass is 28.4. The predicted molar refractivity (Wildman–Crippen MR) is 113 cm³/mol. The van der Waals surface area contributed by atoms with Gasteiger partial charge >= 0.3 is 0 Å². The molecule has 0 radical (unpaired) electrons. The number of hydrogen-bond donors (Lipinski definition) is 2. The molecule has 0 amide bonds. The summed E-state index contributed by atoms with van der Waals surface area (Å²) in [5, 5.41) is 9.83. The SMILES string of the molecule is CC(C)(C)[Si](OCCC1CNCCN1)(c1ccccc1)c1ccccc1. The van der Waals surface area contributed by atoms with Gasteiger partial charge in [0.25, 0.3) is 8.32 Å². The first-order valence-corrected chi connectivity index (χ1v) is 11.6. The van der Waals surface area contributed by atoms with E-state index in [0.29, 0.717) is 6.04 Å². The zero-order valence-electron chi connectivity index (χ0n) is 16.3. The van der Waals surface area contributed by atoms with E-state index in [-0.39, 0.29) is 5.04 Å². The highest BCUT2D eigenvalue weighted by Crippen LogP contribution is 2.36. The maximum Gasteiger partial charge on any atom is 0.261 e. The Kier molecular flexibility index (Phi) is 6.30. The van der Waals surface area contributed by atoms with Crippen LogP contribution >= 0.6 is 0 Å². The molecule has 140 valence electrons. The Hall–Kier alpha value is -1.46. The van der Waals surface area contributed by atoms with Gasteiger partial charge in [0.2, 0.25) is 0 Å². The third-order valence-electron chi connectivity index (χ3n) is 5.33. The van der Waals surface area contributed by atoms with Gasteiger partial charge in [0.05, 0.1) is 0 Å². The van der Waals surface area contributed by atoms with Crippen LogP contribution in [-0.2, 0) is 4.43 Å². The largest absolute Gasteiger partial charge is 0.407 e. The van der Waals surface area contributed by atoms with Crippen LogP contribution in [0.15, 0.2) is 60.7 Å². The minimum absolute atomic E-state index is 0.0496. The van der Waals surface area contributed by atoms with E-state index in [1.807, 2.05) is 0 Å². The summed E-state index contributed by atoms with van der Waals surface area (Å²) in [6, 6.07) is 22.3. The number of rotatable bonds is 6. The summed E-state index contributed by atoms with van der Waals surface area (Å²) in [7, 11) is -2.38. The van der Waals surface area contributed by atoms with Crippen LogP contribution in [0.1, 0.15) is 27.2 Å². The van der Waals surface area contributed by atoms with Crippen molar-refractivity contribution in [3.63, 3.8) is 0 Å². The Bertz CT molecular complexity index is 624. The lowest BCUT2D eigenvalue weighted by molar-refractivity contribution is 0.260. The van der Waals surface area contributed by atoms with Gasteiger partial charge in [-0.15, -0.1) is 0 Å². The molecule has 0 saturated carbocycles. The van der Waals surface area contributed by atoms with E-state index in [0.717, 1.165) is 32.7 Å². The molecule has 1 saturated heterocycles. The average molecular weight is 369 g/mol. The van der Waals surface area contributed by atoms with Crippen molar-refractivity contribution in [3.05, 3.63) is 60.7 Å². The summed E-state index contributed by atoms with van der Waals surface area (Å²) >= 11 is 0. The third-order valence-corrected chi connectivity index (χ3v) is 10.4. The molecule has 2 aromatic carbocycles. The molecule has 0 bridgehead atoms. The Morgan fingerprint density at radius 2 is 1.50 bits per heavy atom. The third kappa shape index (κ3) is 4.09. The van der Waals surface area contributed by atoms with Gasteiger partial charge in [-0.3, -0.25) is 0 Å². The lowest BCUT2D eigenvalue weighted by Crippen LogP contribution is -2.66. The van der Waals surface area contributed by atoms with Gasteiger partial charge in [0, 0.05) is 32.3 Å². The molecule has 0 aromatic heterocycles. The zero-order valence-corrected chi connectivity index (χ0v) is 17.3. The van der Waals surface area contributed by atoms with Crippen LogP contribution in [0, 0.1) is 0 Å². The molecule has 3 nitrogen and oxygen atoms in total. The monoisotopic (exact) mass is 368 g/mol. The van der Waals surface area contributed by atoms with Crippen molar-refractivity contribution in [1.29, 1.82) is 0 Å². The highest BCUT2D eigenvalue weighted by Gasteiger charge is 2.50. The molecule has 26 heavy (non-hydrogen) atoms. The van der Waals surface area contributed by atoms with Crippen molar-refractivity contribution in [2.75, 3.05) is 26.2 Å². The minimum atomic E-state index is -2.38. The molecule has 1 heterocycles. The molecule has 2 N–H and O–H groups in total. The maximum atomic E-state index is 6.94.